The Morgan fingerprint density at radius 1 is 1.29 bits per heavy atom. The summed E-state index contributed by atoms with van der Waals surface area (Å²) in [4.78, 5) is 30.7. The molecule has 24 heavy (non-hydrogen) atoms. The van der Waals surface area contributed by atoms with Crippen molar-refractivity contribution in [2.24, 2.45) is 5.92 Å². The van der Waals surface area contributed by atoms with Gasteiger partial charge in [0.1, 0.15) is 0 Å². The Balaban J connectivity index is 1.52. The summed E-state index contributed by atoms with van der Waals surface area (Å²) in [5.41, 5.74) is 2.79. The van der Waals surface area contributed by atoms with E-state index in [4.69, 9.17) is 4.42 Å². The van der Waals surface area contributed by atoms with Gasteiger partial charge in [-0.05, 0) is 31.0 Å². The summed E-state index contributed by atoms with van der Waals surface area (Å²) in [5.74, 6) is -0.287. The standard InChI is InChI=1S/C17H17N3O3S/c21-15(10-4-2-1-3-5-10)20-16-18-13(9-24-16)11-6-7-14-12(8-11)19-17(22)23-14/h6-10H,1-5H2,(H,19,22)(H,18,20,21). The molecule has 1 saturated carbocycles. The molecule has 3 aromatic rings. The summed E-state index contributed by atoms with van der Waals surface area (Å²) < 4.78 is 5.00. The first-order valence-corrected chi connectivity index (χ1v) is 8.97. The molecule has 1 aromatic carbocycles. The molecular weight excluding hydrogens is 326 g/mol. The first-order chi connectivity index (χ1) is 11.7. The molecule has 4 rings (SSSR count). The fourth-order valence-corrected chi connectivity index (χ4v) is 3.87. The first-order valence-electron chi connectivity index (χ1n) is 8.09. The molecule has 0 saturated heterocycles. The van der Waals surface area contributed by atoms with Crippen LogP contribution < -0.4 is 11.1 Å². The van der Waals surface area contributed by atoms with Gasteiger partial charge in [0.05, 0.1) is 11.2 Å². The van der Waals surface area contributed by atoms with Gasteiger partial charge in [0, 0.05) is 16.9 Å². The van der Waals surface area contributed by atoms with E-state index in [1.165, 1.54) is 17.8 Å². The molecule has 2 N–H and O–H groups in total. The highest BCUT2D eigenvalue weighted by Crippen LogP contribution is 2.29. The van der Waals surface area contributed by atoms with Gasteiger partial charge in [0.15, 0.2) is 10.7 Å². The molecule has 1 fully saturated rings. The predicted molar refractivity (Wildman–Crippen MR) is 93.1 cm³/mol. The van der Waals surface area contributed by atoms with Gasteiger partial charge in [-0.3, -0.25) is 9.78 Å². The van der Waals surface area contributed by atoms with Crippen molar-refractivity contribution in [3.8, 4) is 11.3 Å². The maximum Gasteiger partial charge on any atom is 0.417 e. The molecule has 1 aliphatic rings. The average Bonchev–Trinajstić information content (AvgIpc) is 3.20. The number of thiazole rings is 1. The van der Waals surface area contributed by atoms with Crippen molar-refractivity contribution in [3.63, 3.8) is 0 Å². The zero-order chi connectivity index (χ0) is 16.5. The Morgan fingerprint density at radius 3 is 2.96 bits per heavy atom. The van der Waals surface area contributed by atoms with Crippen molar-refractivity contribution < 1.29 is 9.21 Å². The minimum atomic E-state index is -0.471. The van der Waals surface area contributed by atoms with Crippen LogP contribution in [0.5, 0.6) is 0 Å². The van der Waals surface area contributed by atoms with Gasteiger partial charge in [-0.2, -0.15) is 0 Å². The third-order valence-electron chi connectivity index (χ3n) is 4.42. The number of hydrogen-bond donors (Lipinski definition) is 2. The maximum absolute atomic E-state index is 12.3. The molecule has 6 nitrogen and oxygen atoms in total. The van der Waals surface area contributed by atoms with Gasteiger partial charge in [0.2, 0.25) is 5.91 Å². The lowest BCUT2D eigenvalue weighted by Crippen LogP contribution is -2.24. The summed E-state index contributed by atoms with van der Waals surface area (Å²) in [6, 6.07) is 5.41. The van der Waals surface area contributed by atoms with Crippen LogP contribution in [0.25, 0.3) is 22.4 Å². The summed E-state index contributed by atoms with van der Waals surface area (Å²) in [7, 11) is 0. The maximum atomic E-state index is 12.3. The number of fused-ring (bicyclic) bond motifs is 1. The number of aromatic amines is 1. The fourth-order valence-electron chi connectivity index (χ4n) is 3.15. The van der Waals surface area contributed by atoms with E-state index < -0.39 is 5.76 Å². The second kappa shape index (κ2) is 6.24. The van der Waals surface area contributed by atoms with Gasteiger partial charge < -0.3 is 9.73 Å². The second-order valence-electron chi connectivity index (χ2n) is 6.09. The topological polar surface area (TPSA) is 88.0 Å². The number of rotatable bonds is 3. The van der Waals surface area contributed by atoms with Crippen molar-refractivity contribution in [2.45, 2.75) is 32.1 Å². The number of nitrogens with zero attached hydrogens (tertiary/aromatic N) is 1. The SMILES string of the molecule is O=C(Nc1nc(-c2ccc3oc(=O)[nH]c3c2)cs1)C1CCCCC1. The minimum absolute atomic E-state index is 0.0743. The zero-order valence-corrected chi connectivity index (χ0v) is 13.8. The summed E-state index contributed by atoms with van der Waals surface area (Å²) in [5, 5.41) is 5.45. The van der Waals surface area contributed by atoms with Gasteiger partial charge in [0.25, 0.3) is 0 Å². The van der Waals surface area contributed by atoms with E-state index in [0.717, 1.165) is 36.9 Å². The highest BCUT2D eigenvalue weighted by atomic mass is 32.1. The van der Waals surface area contributed by atoms with Crippen LogP contribution in [0.4, 0.5) is 5.13 Å². The van der Waals surface area contributed by atoms with E-state index in [0.29, 0.717) is 16.2 Å². The number of nitrogens with one attached hydrogen (secondary N) is 2. The largest absolute Gasteiger partial charge is 0.417 e. The van der Waals surface area contributed by atoms with E-state index in [-0.39, 0.29) is 11.8 Å². The number of oxazole rings is 1. The normalized spacial score (nSPS) is 15.7. The molecule has 2 heterocycles. The number of aromatic nitrogens is 2. The lowest BCUT2D eigenvalue weighted by molar-refractivity contribution is -0.120. The highest BCUT2D eigenvalue weighted by molar-refractivity contribution is 7.14. The third-order valence-corrected chi connectivity index (χ3v) is 5.18. The molecule has 1 aliphatic carbocycles. The Bertz CT molecular complexity index is 934. The molecule has 0 bridgehead atoms. The number of anilines is 1. The predicted octanol–water partition coefficient (Wildman–Crippen LogP) is 3.76. The van der Waals surface area contributed by atoms with Crippen molar-refractivity contribution in [2.75, 3.05) is 5.32 Å². The van der Waals surface area contributed by atoms with Crippen LogP contribution in [0, 0.1) is 5.92 Å². The van der Waals surface area contributed by atoms with Crippen LogP contribution in [-0.4, -0.2) is 15.9 Å². The lowest BCUT2D eigenvalue weighted by atomic mass is 9.89. The zero-order valence-electron chi connectivity index (χ0n) is 13.0. The molecule has 7 heteroatoms. The van der Waals surface area contributed by atoms with Gasteiger partial charge in [-0.15, -0.1) is 11.3 Å². The number of carbonyl (C=O) groups excluding carboxylic acids is 1. The van der Waals surface area contributed by atoms with E-state index in [1.807, 2.05) is 17.5 Å². The number of H-pyrrole nitrogens is 1. The van der Waals surface area contributed by atoms with Crippen LogP contribution in [0.3, 0.4) is 0 Å². The van der Waals surface area contributed by atoms with Crippen LogP contribution in [-0.2, 0) is 4.79 Å². The van der Waals surface area contributed by atoms with Crippen LogP contribution in [0.15, 0.2) is 32.8 Å². The van der Waals surface area contributed by atoms with Gasteiger partial charge in [-0.1, -0.05) is 19.3 Å². The van der Waals surface area contributed by atoms with Crippen molar-refractivity contribution in [1.82, 2.24) is 9.97 Å². The molecule has 0 unspecified atom stereocenters. The first kappa shape index (κ1) is 15.1. The second-order valence-corrected chi connectivity index (χ2v) is 6.95. The van der Waals surface area contributed by atoms with Crippen LogP contribution in [0.1, 0.15) is 32.1 Å². The van der Waals surface area contributed by atoms with Gasteiger partial charge >= 0.3 is 5.76 Å². The van der Waals surface area contributed by atoms with E-state index in [9.17, 15) is 9.59 Å². The molecule has 0 radical (unpaired) electrons. The van der Waals surface area contributed by atoms with Crippen LogP contribution in [0.2, 0.25) is 0 Å². The number of hydrogen-bond acceptors (Lipinski definition) is 5. The van der Waals surface area contributed by atoms with E-state index in [1.54, 1.807) is 6.07 Å². The Morgan fingerprint density at radius 2 is 2.12 bits per heavy atom. The Hall–Kier alpha value is -2.41. The van der Waals surface area contributed by atoms with Crippen molar-refractivity contribution in [3.05, 3.63) is 34.1 Å². The third kappa shape index (κ3) is 2.99. The molecule has 1 amide bonds. The molecular formula is C17H17N3O3S. The lowest BCUT2D eigenvalue weighted by Gasteiger charge is -2.19. The average molecular weight is 343 g/mol. The summed E-state index contributed by atoms with van der Waals surface area (Å²) >= 11 is 1.41. The Labute approximate surface area is 141 Å². The molecule has 124 valence electrons. The summed E-state index contributed by atoms with van der Waals surface area (Å²) in [6.45, 7) is 0. The number of benzene rings is 1. The smallest absolute Gasteiger partial charge is 0.408 e. The number of amides is 1. The van der Waals surface area contributed by atoms with Crippen molar-refractivity contribution in [1.29, 1.82) is 0 Å². The van der Waals surface area contributed by atoms with Crippen LogP contribution >= 0.6 is 11.3 Å². The van der Waals surface area contributed by atoms with E-state index in [2.05, 4.69) is 15.3 Å². The molecule has 2 aromatic heterocycles. The highest BCUT2D eigenvalue weighted by Gasteiger charge is 2.22. The quantitative estimate of drug-likeness (QED) is 0.758. The summed E-state index contributed by atoms with van der Waals surface area (Å²) in [6.07, 6.45) is 5.42. The van der Waals surface area contributed by atoms with E-state index >= 15 is 0 Å². The van der Waals surface area contributed by atoms with Gasteiger partial charge in [-0.25, -0.2) is 9.78 Å². The molecule has 0 aliphatic heterocycles. The molecule has 0 atom stereocenters. The Kier molecular flexibility index (Phi) is 3.93. The minimum Gasteiger partial charge on any atom is -0.408 e. The van der Waals surface area contributed by atoms with Crippen molar-refractivity contribution >= 4 is 33.5 Å². The molecule has 0 spiro atoms. The monoisotopic (exact) mass is 343 g/mol. The fraction of sp³-hybridized carbons (Fsp3) is 0.353. The number of carbonyl (C=O) groups is 1.